The van der Waals surface area contributed by atoms with Gasteiger partial charge in [0.25, 0.3) is 0 Å². The smallest absolute Gasteiger partial charge is 0.243 e. The number of benzene rings is 2. The molecule has 0 spiro atoms. The predicted octanol–water partition coefficient (Wildman–Crippen LogP) is 4.85. The topological polar surface area (TPSA) is 64.4 Å². The summed E-state index contributed by atoms with van der Waals surface area (Å²) in [6.45, 7) is 1.96. The predicted molar refractivity (Wildman–Crippen MR) is 123 cm³/mol. The molecule has 6 nitrogen and oxygen atoms in total. The molecule has 0 saturated carbocycles. The average molecular weight is 530 g/mol. The first kappa shape index (κ1) is 24.5. The Morgan fingerprint density at radius 1 is 1.03 bits per heavy atom. The van der Waals surface area contributed by atoms with Crippen LogP contribution in [0.1, 0.15) is 31.2 Å². The first-order valence-electron chi connectivity index (χ1n) is 11.3. The number of hydrogen-bond donors (Lipinski definition) is 0. The Morgan fingerprint density at radius 3 is 2.40 bits per heavy atom. The van der Waals surface area contributed by atoms with E-state index in [9.17, 15) is 26.0 Å². The Hall–Kier alpha value is -2.15. The van der Waals surface area contributed by atoms with E-state index in [2.05, 4.69) is 4.98 Å². The molecule has 12 heteroatoms. The molecule has 3 aromatic rings. The molecule has 2 aromatic carbocycles. The van der Waals surface area contributed by atoms with Gasteiger partial charge < -0.3 is 9.30 Å². The van der Waals surface area contributed by atoms with E-state index in [-0.39, 0.29) is 17.1 Å². The van der Waals surface area contributed by atoms with Gasteiger partial charge in [-0.15, -0.1) is 0 Å². The minimum Gasteiger partial charge on any atom is -0.376 e. The summed E-state index contributed by atoms with van der Waals surface area (Å²) in [6.07, 6.45) is 3.25. The monoisotopic (exact) mass is 529 g/mol. The second-order valence-corrected chi connectivity index (χ2v) is 11.5. The van der Waals surface area contributed by atoms with Gasteiger partial charge in [0.1, 0.15) is 0 Å². The molecule has 0 N–H and O–H groups in total. The quantitative estimate of drug-likeness (QED) is 0.249. The molecule has 35 heavy (non-hydrogen) atoms. The van der Waals surface area contributed by atoms with Crippen molar-refractivity contribution in [3.8, 4) is 0 Å². The van der Waals surface area contributed by atoms with E-state index in [0.29, 0.717) is 42.4 Å². The molecule has 188 valence electrons. The highest BCUT2D eigenvalue weighted by molar-refractivity contribution is 7.98. The van der Waals surface area contributed by atoms with Gasteiger partial charge in [-0.1, -0.05) is 11.8 Å². The summed E-state index contributed by atoms with van der Waals surface area (Å²) >= 11 is 0.917. The molecule has 0 aliphatic carbocycles. The molecule has 5 rings (SSSR count). The van der Waals surface area contributed by atoms with E-state index in [1.807, 2.05) is 0 Å². The third-order valence-corrected chi connectivity index (χ3v) is 9.24. The van der Waals surface area contributed by atoms with Crippen LogP contribution in [-0.4, -0.2) is 48.1 Å². The summed E-state index contributed by atoms with van der Waals surface area (Å²) in [5.41, 5.74) is 0.312. The lowest BCUT2D eigenvalue weighted by atomic mass is 10.2. The maximum atomic E-state index is 14.2. The lowest BCUT2D eigenvalue weighted by Gasteiger charge is -2.16. The molecule has 2 aliphatic rings. The number of nitrogens with zero attached hydrogens (tertiary/aromatic N) is 3. The largest absolute Gasteiger partial charge is 0.376 e. The zero-order chi connectivity index (χ0) is 24.7. The molecule has 0 radical (unpaired) electrons. The number of hydrogen-bond acceptors (Lipinski definition) is 5. The number of fused-ring (bicyclic) bond motifs is 1. The fourth-order valence-corrected chi connectivity index (χ4v) is 7.05. The lowest BCUT2D eigenvalue weighted by Crippen LogP contribution is -2.27. The standard InChI is InChI=1S/C23H23F4N3O3S2/c24-17-11-18(25)22(27)16(21(17)26)13-34-23-28-19-10-15(35(31,32)29-7-1-2-8-29)5-6-20(19)30(23)12-14-4-3-9-33-14/h5-6,10-11,14H,1-4,7-9,12-13H2. The number of imidazole rings is 1. The summed E-state index contributed by atoms with van der Waals surface area (Å²) in [5, 5.41) is 0.342. The number of sulfonamides is 1. The van der Waals surface area contributed by atoms with Crippen LogP contribution < -0.4 is 0 Å². The highest BCUT2D eigenvalue weighted by Crippen LogP contribution is 2.33. The van der Waals surface area contributed by atoms with E-state index in [1.54, 1.807) is 10.6 Å². The van der Waals surface area contributed by atoms with Crippen LogP contribution in [-0.2, 0) is 27.1 Å². The summed E-state index contributed by atoms with van der Waals surface area (Å²) < 4.78 is 90.7. The van der Waals surface area contributed by atoms with Crippen molar-refractivity contribution in [1.82, 2.24) is 13.9 Å². The maximum absolute atomic E-state index is 14.2. The summed E-state index contributed by atoms with van der Waals surface area (Å²) in [4.78, 5) is 4.65. The molecule has 2 aliphatic heterocycles. The van der Waals surface area contributed by atoms with Crippen molar-refractivity contribution in [3.05, 3.63) is 53.1 Å². The van der Waals surface area contributed by atoms with Crippen LogP contribution >= 0.6 is 11.8 Å². The van der Waals surface area contributed by atoms with E-state index in [1.165, 1.54) is 16.4 Å². The molecule has 1 unspecified atom stereocenters. The molecule has 0 bridgehead atoms. The fourth-order valence-electron chi connectivity index (χ4n) is 4.49. The second kappa shape index (κ2) is 9.72. The Kier molecular flexibility index (Phi) is 6.81. The second-order valence-electron chi connectivity index (χ2n) is 8.64. The maximum Gasteiger partial charge on any atom is 0.243 e. The van der Waals surface area contributed by atoms with Gasteiger partial charge in [-0.05, 0) is 43.9 Å². The summed E-state index contributed by atoms with van der Waals surface area (Å²) in [6, 6.07) is 4.85. The van der Waals surface area contributed by atoms with Gasteiger partial charge in [0.05, 0.1) is 28.6 Å². The average Bonchev–Trinajstić information content (AvgIpc) is 3.60. The molecule has 0 amide bonds. The normalized spacial score (nSPS) is 19.3. The number of aromatic nitrogens is 2. The van der Waals surface area contributed by atoms with Crippen molar-refractivity contribution < 1.29 is 30.7 Å². The minimum absolute atomic E-state index is 0.0974. The van der Waals surface area contributed by atoms with E-state index in [0.717, 1.165) is 37.4 Å². The highest BCUT2D eigenvalue weighted by Gasteiger charge is 2.29. The van der Waals surface area contributed by atoms with Crippen molar-refractivity contribution in [2.75, 3.05) is 19.7 Å². The highest BCUT2D eigenvalue weighted by atomic mass is 32.2. The zero-order valence-corrected chi connectivity index (χ0v) is 20.3. The van der Waals surface area contributed by atoms with Crippen LogP contribution in [0.5, 0.6) is 0 Å². The van der Waals surface area contributed by atoms with Gasteiger partial charge in [0.2, 0.25) is 10.0 Å². The van der Waals surface area contributed by atoms with Gasteiger partial charge in [-0.25, -0.2) is 31.0 Å². The summed E-state index contributed by atoms with van der Waals surface area (Å²) in [7, 11) is -3.66. The Bertz CT molecular complexity index is 1340. The summed E-state index contributed by atoms with van der Waals surface area (Å²) in [5.74, 6) is -6.23. The minimum atomic E-state index is -3.66. The van der Waals surface area contributed by atoms with Gasteiger partial charge in [0.15, 0.2) is 28.4 Å². The lowest BCUT2D eigenvalue weighted by molar-refractivity contribution is 0.0960. The molecular weight excluding hydrogens is 506 g/mol. The SMILES string of the molecule is O=S(=O)(c1ccc2c(c1)nc(SCc1c(F)c(F)cc(F)c1F)n2CC1CCCO1)N1CCCC1. The van der Waals surface area contributed by atoms with Gasteiger partial charge in [0, 0.05) is 37.1 Å². The van der Waals surface area contributed by atoms with Crippen LogP contribution in [0.25, 0.3) is 11.0 Å². The van der Waals surface area contributed by atoms with Crippen molar-refractivity contribution >= 4 is 32.8 Å². The van der Waals surface area contributed by atoms with Crippen molar-refractivity contribution in [3.63, 3.8) is 0 Å². The van der Waals surface area contributed by atoms with Crippen LogP contribution in [0.4, 0.5) is 17.6 Å². The van der Waals surface area contributed by atoms with Crippen molar-refractivity contribution in [2.45, 2.75) is 54.1 Å². The van der Waals surface area contributed by atoms with Crippen LogP contribution in [0.15, 0.2) is 34.3 Å². The van der Waals surface area contributed by atoms with Crippen LogP contribution in [0, 0.1) is 23.3 Å². The van der Waals surface area contributed by atoms with Gasteiger partial charge in [-0.3, -0.25) is 0 Å². The van der Waals surface area contributed by atoms with Crippen LogP contribution in [0.2, 0.25) is 0 Å². The molecule has 3 heterocycles. The number of halogens is 4. The van der Waals surface area contributed by atoms with Crippen LogP contribution in [0.3, 0.4) is 0 Å². The zero-order valence-electron chi connectivity index (χ0n) is 18.6. The molecule has 1 aromatic heterocycles. The Balaban J connectivity index is 1.51. The van der Waals surface area contributed by atoms with Gasteiger partial charge >= 0.3 is 0 Å². The number of ether oxygens (including phenoxy) is 1. The number of thioether (sulfide) groups is 1. The first-order chi connectivity index (χ1) is 16.8. The molecule has 2 fully saturated rings. The van der Waals surface area contributed by atoms with E-state index >= 15 is 0 Å². The van der Waals surface area contributed by atoms with Crippen molar-refractivity contribution in [2.24, 2.45) is 0 Å². The Morgan fingerprint density at radius 2 is 1.74 bits per heavy atom. The molecular formula is C23H23F4N3O3S2. The van der Waals surface area contributed by atoms with Gasteiger partial charge in [-0.2, -0.15) is 4.31 Å². The fraction of sp³-hybridized carbons (Fsp3) is 0.435. The van der Waals surface area contributed by atoms with E-state index < -0.39 is 44.6 Å². The third kappa shape index (κ3) is 4.68. The molecule has 2 saturated heterocycles. The first-order valence-corrected chi connectivity index (χ1v) is 13.7. The molecule has 1 atom stereocenters. The third-order valence-electron chi connectivity index (χ3n) is 6.35. The Labute approximate surface area is 204 Å². The number of rotatable bonds is 7. The van der Waals surface area contributed by atoms with E-state index in [4.69, 9.17) is 4.74 Å². The van der Waals surface area contributed by atoms with Crippen molar-refractivity contribution in [1.29, 1.82) is 0 Å².